The lowest BCUT2D eigenvalue weighted by Gasteiger charge is -2.09. The second-order valence-corrected chi connectivity index (χ2v) is 6.71. The van der Waals surface area contributed by atoms with E-state index in [1.165, 1.54) is 11.9 Å². The van der Waals surface area contributed by atoms with Crippen molar-refractivity contribution in [2.24, 2.45) is 0 Å². The molecule has 7 heteroatoms. The fourth-order valence-electron chi connectivity index (χ4n) is 2.56. The van der Waals surface area contributed by atoms with Crippen molar-refractivity contribution in [3.63, 3.8) is 0 Å². The Hall–Kier alpha value is -2.93. The van der Waals surface area contributed by atoms with Gasteiger partial charge in [-0.05, 0) is 67.8 Å². The zero-order valence-electron chi connectivity index (χ0n) is 15.4. The fraction of sp³-hybridized carbons (Fsp3) is 0.200. The van der Waals surface area contributed by atoms with Gasteiger partial charge in [0.25, 0.3) is 5.91 Å². The van der Waals surface area contributed by atoms with Crippen molar-refractivity contribution in [3.8, 4) is 5.75 Å². The van der Waals surface area contributed by atoms with Crippen molar-refractivity contribution in [1.29, 1.82) is 0 Å². The Labute approximate surface area is 162 Å². The van der Waals surface area contributed by atoms with E-state index in [2.05, 4.69) is 15.2 Å². The molecular weight excluding hydrogens is 362 g/mol. The van der Waals surface area contributed by atoms with Crippen LogP contribution in [-0.2, 0) is 6.42 Å². The first-order valence-electron chi connectivity index (χ1n) is 8.54. The van der Waals surface area contributed by atoms with Crippen LogP contribution >= 0.6 is 11.9 Å². The summed E-state index contributed by atoms with van der Waals surface area (Å²) in [5, 5.41) is 6.85. The smallest absolute Gasteiger partial charge is 0.261 e. The van der Waals surface area contributed by atoms with E-state index in [-0.39, 0.29) is 5.91 Å². The Morgan fingerprint density at radius 3 is 2.67 bits per heavy atom. The van der Waals surface area contributed by atoms with Gasteiger partial charge < -0.3 is 19.3 Å². The lowest BCUT2D eigenvalue weighted by Crippen LogP contribution is -2.14. The highest BCUT2D eigenvalue weighted by Gasteiger charge is 2.19. The molecule has 0 fully saturated rings. The van der Waals surface area contributed by atoms with E-state index in [9.17, 15) is 4.79 Å². The maximum atomic E-state index is 12.6. The number of aromatic nitrogens is 1. The van der Waals surface area contributed by atoms with Gasteiger partial charge in [0.1, 0.15) is 17.1 Å². The van der Waals surface area contributed by atoms with E-state index >= 15 is 0 Å². The number of aryl methyl sites for hydroxylation is 2. The maximum absolute atomic E-state index is 12.6. The normalized spacial score (nSPS) is 10.5. The van der Waals surface area contributed by atoms with Crippen LogP contribution in [0.5, 0.6) is 5.75 Å². The molecule has 2 aromatic carbocycles. The lowest BCUT2D eigenvalue weighted by atomic mass is 10.1. The van der Waals surface area contributed by atoms with Crippen LogP contribution in [0.2, 0.25) is 0 Å². The van der Waals surface area contributed by atoms with Gasteiger partial charge >= 0.3 is 0 Å². The van der Waals surface area contributed by atoms with Gasteiger partial charge in [0.15, 0.2) is 0 Å². The molecule has 0 aliphatic carbocycles. The third-order valence-corrected chi connectivity index (χ3v) is 4.79. The second-order valence-electron chi connectivity index (χ2n) is 5.83. The van der Waals surface area contributed by atoms with E-state index in [0.29, 0.717) is 29.1 Å². The van der Waals surface area contributed by atoms with E-state index in [4.69, 9.17) is 9.26 Å². The molecule has 27 heavy (non-hydrogen) atoms. The largest absolute Gasteiger partial charge is 0.497 e. The first-order valence-corrected chi connectivity index (χ1v) is 9.35. The Bertz CT molecular complexity index is 922. The number of hydrogen-bond donors (Lipinski definition) is 2. The number of anilines is 2. The van der Waals surface area contributed by atoms with Crippen molar-refractivity contribution in [1.82, 2.24) is 5.16 Å². The predicted molar refractivity (Wildman–Crippen MR) is 107 cm³/mol. The van der Waals surface area contributed by atoms with Crippen molar-refractivity contribution in [3.05, 3.63) is 65.5 Å². The molecule has 1 amide bonds. The lowest BCUT2D eigenvalue weighted by molar-refractivity contribution is 0.102. The second kappa shape index (κ2) is 8.64. The molecule has 1 aromatic heterocycles. The average molecular weight is 383 g/mol. The molecule has 0 saturated heterocycles. The molecule has 0 saturated carbocycles. The number of ether oxygens (including phenoxy) is 1. The highest BCUT2D eigenvalue weighted by Crippen LogP contribution is 2.25. The highest BCUT2D eigenvalue weighted by atomic mass is 32.2. The van der Waals surface area contributed by atoms with Crippen molar-refractivity contribution < 1.29 is 14.1 Å². The van der Waals surface area contributed by atoms with E-state index in [0.717, 1.165) is 16.3 Å². The Kier molecular flexibility index (Phi) is 6.03. The Morgan fingerprint density at radius 1 is 1.19 bits per heavy atom. The standard InChI is InChI=1S/C20H21N3O3S/c1-4-18-19(13(2)26-22-18)20(24)21-15-6-5-7-17(12-15)27-23-14-8-10-16(25-3)11-9-14/h5-12,23H,4H2,1-3H3,(H,21,24). The van der Waals surface area contributed by atoms with E-state index in [1.807, 2.05) is 55.5 Å². The van der Waals surface area contributed by atoms with Crippen LogP contribution in [-0.4, -0.2) is 18.2 Å². The summed E-state index contributed by atoms with van der Waals surface area (Å²) in [5.74, 6) is 1.12. The zero-order valence-corrected chi connectivity index (χ0v) is 16.2. The van der Waals surface area contributed by atoms with Gasteiger partial charge in [-0.1, -0.05) is 18.1 Å². The quantitative estimate of drug-likeness (QED) is 0.564. The van der Waals surface area contributed by atoms with Gasteiger partial charge in [0.2, 0.25) is 0 Å². The molecule has 0 aliphatic heterocycles. The molecule has 3 rings (SSSR count). The van der Waals surface area contributed by atoms with Crippen LogP contribution in [0.25, 0.3) is 0 Å². The molecule has 0 atom stereocenters. The van der Waals surface area contributed by atoms with Gasteiger partial charge in [-0.15, -0.1) is 0 Å². The number of amides is 1. The van der Waals surface area contributed by atoms with Crippen molar-refractivity contribution in [2.45, 2.75) is 25.2 Å². The van der Waals surface area contributed by atoms with Gasteiger partial charge in [0.05, 0.1) is 12.8 Å². The average Bonchev–Trinajstić information content (AvgIpc) is 3.07. The van der Waals surface area contributed by atoms with E-state index < -0.39 is 0 Å². The number of carbonyl (C=O) groups is 1. The Morgan fingerprint density at radius 2 is 1.96 bits per heavy atom. The van der Waals surface area contributed by atoms with Gasteiger partial charge in [-0.25, -0.2) is 0 Å². The third-order valence-electron chi connectivity index (χ3n) is 3.96. The molecule has 2 N–H and O–H groups in total. The summed E-state index contributed by atoms with van der Waals surface area (Å²) in [5.41, 5.74) is 2.84. The number of carbonyl (C=O) groups excluding carboxylic acids is 1. The van der Waals surface area contributed by atoms with Gasteiger partial charge in [-0.2, -0.15) is 0 Å². The number of methoxy groups -OCH3 is 1. The summed E-state index contributed by atoms with van der Waals surface area (Å²) in [6, 6.07) is 15.3. The van der Waals surface area contributed by atoms with Crippen LogP contribution in [0.4, 0.5) is 11.4 Å². The number of nitrogens with zero attached hydrogens (tertiary/aromatic N) is 1. The molecule has 0 spiro atoms. The van der Waals surface area contributed by atoms with E-state index in [1.54, 1.807) is 14.0 Å². The number of rotatable bonds is 7. The topological polar surface area (TPSA) is 76.4 Å². The minimum Gasteiger partial charge on any atom is -0.497 e. The first-order chi connectivity index (χ1) is 13.1. The highest BCUT2D eigenvalue weighted by molar-refractivity contribution is 8.00. The summed E-state index contributed by atoms with van der Waals surface area (Å²) < 4.78 is 13.6. The Balaban J connectivity index is 1.66. The fourth-order valence-corrected chi connectivity index (χ4v) is 3.26. The summed E-state index contributed by atoms with van der Waals surface area (Å²) in [6.45, 7) is 3.68. The zero-order chi connectivity index (χ0) is 19.2. The van der Waals surface area contributed by atoms with Crippen LogP contribution < -0.4 is 14.8 Å². The number of nitrogens with one attached hydrogen (secondary N) is 2. The van der Waals surface area contributed by atoms with Crippen LogP contribution in [0.3, 0.4) is 0 Å². The maximum Gasteiger partial charge on any atom is 0.261 e. The molecule has 0 aliphatic rings. The first kappa shape index (κ1) is 18.8. The van der Waals surface area contributed by atoms with Crippen LogP contribution in [0.15, 0.2) is 57.9 Å². The SMILES string of the molecule is CCc1noc(C)c1C(=O)Nc1cccc(SNc2ccc(OC)cc2)c1. The van der Waals surface area contributed by atoms with Crippen LogP contribution in [0, 0.1) is 6.92 Å². The third kappa shape index (κ3) is 4.62. The molecule has 140 valence electrons. The van der Waals surface area contributed by atoms with Gasteiger partial charge in [0, 0.05) is 16.3 Å². The minimum atomic E-state index is -0.212. The molecule has 0 unspecified atom stereocenters. The monoisotopic (exact) mass is 383 g/mol. The molecule has 3 aromatic rings. The number of hydrogen-bond acceptors (Lipinski definition) is 6. The molecule has 0 radical (unpaired) electrons. The number of benzene rings is 2. The summed E-state index contributed by atoms with van der Waals surface area (Å²) >= 11 is 1.46. The van der Waals surface area contributed by atoms with Crippen LogP contribution in [0.1, 0.15) is 28.7 Å². The minimum absolute atomic E-state index is 0.212. The molecule has 6 nitrogen and oxygen atoms in total. The summed E-state index contributed by atoms with van der Waals surface area (Å²) in [4.78, 5) is 13.6. The molecule has 1 heterocycles. The predicted octanol–water partition coefficient (Wildman–Crippen LogP) is 4.93. The van der Waals surface area contributed by atoms with Gasteiger partial charge in [-0.3, -0.25) is 4.79 Å². The summed E-state index contributed by atoms with van der Waals surface area (Å²) in [7, 11) is 1.64. The van der Waals surface area contributed by atoms with Crippen molar-refractivity contribution in [2.75, 3.05) is 17.1 Å². The molecular formula is C20H21N3O3S. The molecule has 0 bridgehead atoms. The summed E-state index contributed by atoms with van der Waals surface area (Å²) in [6.07, 6.45) is 0.641. The van der Waals surface area contributed by atoms with Crippen molar-refractivity contribution >= 4 is 29.2 Å².